The number of nitrogens with zero attached hydrogens (tertiary/aromatic N) is 2. The van der Waals surface area contributed by atoms with Gasteiger partial charge in [-0.1, -0.05) is 0 Å². The van der Waals surface area contributed by atoms with E-state index in [4.69, 9.17) is 10.8 Å². The van der Waals surface area contributed by atoms with Crippen molar-refractivity contribution in [2.24, 2.45) is 5.73 Å². The molecule has 1 saturated carbocycles. The molecule has 0 spiro atoms. The quantitative estimate of drug-likeness (QED) is 0.714. The second-order valence-corrected chi connectivity index (χ2v) is 3.61. The van der Waals surface area contributed by atoms with Crippen LogP contribution in [0.15, 0.2) is 12.4 Å². The van der Waals surface area contributed by atoms with Gasteiger partial charge in [-0.25, -0.2) is 14.8 Å². The molecule has 0 aromatic carbocycles. The molecule has 0 atom stereocenters. The Balaban J connectivity index is 2.25. The van der Waals surface area contributed by atoms with E-state index in [0.717, 1.165) is 24.8 Å². The van der Waals surface area contributed by atoms with Crippen LogP contribution in [0.1, 0.15) is 35.4 Å². The van der Waals surface area contributed by atoms with Gasteiger partial charge >= 0.3 is 5.97 Å². The van der Waals surface area contributed by atoms with Crippen LogP contribution in [0.5, 0.6) is 0 Å². The van der Waals surface area contributed by atoms with Crippen molar-refractivity contribution in [2.45, 2.75) is 24.8 Å². The van der Waals surface area contributed by atoms with Crippen LogP contribution in [0.2, 0.25) is 0 Å². The third kappa shape index (κ3) is 1.35. The maximum Gasteiger partial charge on any atom is 0.373 e. The SMILES string of the molecule is NC1(c2cnc(C(=O)O)nc2)CCC1. The first-order valence-electron chi connectivity index (χ1n) is 4.46. The number of carboxylic acids is 1. The van der Waals surface area contributed by atoms with E-state index in [-0.39, 0.29) is 11.4 Å². The van der Waals surface area contributed by atoms with Gasteiger partial charge in [-0.15, -0.1) is 0 Å². The third-order valence-corrected chi connectivity index (χ3v) is 2.66. The number of carbonyl (C=O) groups is 1. The van der Waals surface area contributed by atoms with Gasteiger partial charge in [0.15, 0.2) is 0 Å². The zero-order chi connectivity index (χ0) is 10.2. The highest BCUT2D eigenvalue weighted by atomic mass is 16.4. The molecule has 5 heteroatoms. The molecule has 0 amide bonds. The molecule has 2 rings (SSSR count). The maximum atomic E-state index is 10.5. The molecule has 0 bridgehead atoms. The standard InChI is InChI=1S/C9H11N3O2/c10-9(2-1-3-9)6-4-11-7(8(13)14)12-5-6/h4-5H,1-3,10H2,(H,13,14). The molecule has 0 radical (unpaired) electrons. The summed E-state index contributed by atoms with van der Waals surface area (Å²) in [5.41, 5.74) is 6.53. The second-order valence-electron chi connectivity index (χ2n) is 3.61. The minimum absolute atomic E-state index is 0.184. The fourth-order valence-electron chi connectivity index (χ4n) is 1.54. The van der Waals surface area contributed by atoms with Crippen molar-refractivity contribution in [3.05, 3.63) is 23.8 Å². The fourth-order valence-corrected chi connectivity index (χ4v) is 1.54. The van der Waals surface area contributed by atoms with Crippen LogP contribution >= 0.6 is 0 Å². The van der Waals surface area contributed by atoms with Crippen molar-refractivity contribution < 1.29 is 9.90 Å². The maximum absolute atomic E-state index is 10.5. The van der Waals surface area contributed by atoms with Gasteiger partial charge in [0, 0.05) is 23.5 Å². The molecule has 74 valence electrons. The first-order chi connectivity index (χ1) is 6.62. The molecule has 1 heterocycles. The molecular formula is C9H11N3O2. The Morgan fingerprint density at radius 2 is 2.00 bits per heavy atom. The molecule has 0 saturated heterocycles. The molecule has 1 aliphatic rings. The van der Waals surface area contributed by atoms with Crippen LogP contribution in [0.3, 0.4) is 0 Å². The van der Waals surface area contributed by atoms with E-state index in [9.17, 15) is 4.79 Å². The zero-order valence-corrected chi connectivity index (χ0v) is 7.60. The molecule has 1 aromatic rings. The number of hydrogen-bond acceptors (Lipinski definition) is 4. The van der Waals surface area contributed by atoms with Crippen LogP contribution in [0.25, 0.3) is 0 Å². The predicted molar refractivity (Wildman–Crippen MR) is 48.7 cm³/mol. The first-order valence-corrected chi connectivity index (χ1v) is 4.46. The average Bonchev–Trinajstić information content (AvgIpc) is 2.14. The minimum atomic E-state index is -1.11. The van der Waals surface area contributed by atoms with Crippen LogP contribution < -0.4 is 5.73 Å². The van der Waals surface area contributed by atoms with Crippen molar-refractivity contribution in [2.75, 3.05) is 0 Å². The van der Waals surface area contributed by atoms with E-state index >= 15 is 0 Å². The molecule has 1 aliphatic carbocycles. The normalized spacial score (nSPS) is 18.6. The van der Waals surface area contributed by atoms with E-state index in [1.54, 1.807) is 0 Å². The Bertz CT molecular complexity index is 357. The van der Waals surface area contributed by atoms with Crippen LogP contribution in [-0.4, -0.2) is 21.0 Å². The molecular weight excluding hydrogens is 182 g/mol. The number of aromatic nitrogens is 2. The molecule has 0 aliphatic heterocycles. The van der Waals surface area contributed by atoms with Crippen LogP contribution in [-0.2, 0) is 5.54 Å². The lowest BCUT2D eigenvalue weighted by molar-refractivity contribution is 0.0683. The molecule has 3 N–H and O–H groups in total. The Morgan fingerprint density at radius 3 is 2.36 bits per heavy atom. The Labute approximate surface area is 81.0 Å². The van der Waals surface area contributed by atoms with Gasteiger partial charge in [0.25, 0.3) is 0 Å². The van der Waals surface area contributed by atoms with Crippen molar-refractivity contribution in [1.29, 1.82) is 0 Å². The minimum Gasteiger partial charge on any atom is -0.475 e. The summed E-state index contributed by atoms with van der Waals surface area (Å²) in [7, 11) is 0. The Hall–Kier alpha value is -1.49. The second kappa shape index (κ2) is 3.02. The lowest BCUT2D eigenvalue weighted by atomic mass is 9.74. The molecule has 1 fully saturated rings. The summed E-state index contributed by atoms with van der Waals surface area (Å²) in [6.45, 7) is 0. The molecule has 14 heavy (non-hydrogen) atoms. The Morgan fingerprint density at radius 1 is 1.43 bits per heavy atom. The molecule has 5 nitrogen and oxygen atoms in total. The lowest BCUT2D eigenvalue weighted by Crippen LogP contribution is -2.43. The van der Waals surface area contributed by atoms with Gasteiger partial charge in [0.05, 0.1) is 0 Å². The highest BCUT2D eigenvalue weighted by Gasteiger charge is 2.34. The highest BCUT2D eigenvalue weighted by Crippen LogP contribution is 2.37. The summed E-state index contributed by atoms with van der Waals surface area (Å²) < 4.78 is 0. The summed E-state index contributed by atoms with van der Waals surface area (Å²) in [4.78, 5) is 18.0. The number of hydrogen-bond donors (Lipinski definition) is 2. The molecule has 0 unspecified atom stereocenters. The number of rotatable bonds is 2. The van der Waals surface area contributed by atoms with Gasteiger partial charge < -0.3 is 10.8 Å². The van der Waals surface area contributed by atoms with Crippen LogP contribution in [0.4, 0.5) is 0 Å². The zero-order valence-electron chi connectivity index (χ0n) is 7.60. The number of carboxylic acid groups (broad SMARTS) is 1. The first kappa shape index (κ1) is 9.08. The summed E-state index contributed by atoms with van der Waals surface area (Å²) in [6, 6.07) is 0. The van der Waals surface area contributed by atoms with Gasteiger partial charge in [-0.2, -0.15) is 0 Å². The summed E-state index contributed by atoms with van der Waals surface area (Å²) in [5, 5.41) is 8.59. The van der Waals surface area contributed by atoms with Crippen molar-refractivity contribution in [3.63, 3.8) is 0 Å². The van der Waals surface area contributed by atoms with E-state index in [2.05, 4.69) is 9.97 Å². The fraction of sp³-hybridized carbons (Fsp3) is 0.444. The Kier molecular flexibility index (Phi) is 1.96. The van der Waals surface area contributed by atoms with Crippen LogP contribution in [0, 0.1) is 0 Å². The number of nitrogens with two attached hydrogens (primary N) is 1. The van der Waals surface area contributed by atoms with Gasteiger partial charge in [0.2, 0.25) is 5.82 Å². The smallest absolute Gasteiger partial charge is 0.373 e. The third-order valence-electron chi connectivity index (χ3n) is 2.66. The lowest BCUT2D eigenvalue weighted by Gasteiger charge is -2.37. The number of aromatic carboxylic acids is 1. The van der Waals surface area contributed by atoms with E-state index in [1.807, 2.05) is 0 Å². The van der Waals surface area contributed by atoms with E-state index < -0.39 is 5.97 Å². The topological polar surface area (TPSA) is 89.1 Å². The van der Waals surface area contributed by atoms with Gasteiger partial charge in [-0.05, 0) is 19.3 Å². The largest absolute Gasteiger partial charge is 0.475 e. The van der Waals surface area contributed by atoms with Gasteiger partial charge in [0.1, 0.15) is 0 Å². The average molecular weight is 193 g/mol. The van der Waals surface area contributed by atoms with Gasteiger partial charge in [-0.3, -0.25) is 0 Å². The summed E-state index contributed by atoms with van der Waals surface area (Å²) in [6.07, 6.45) is 5.97. The summed E-state index contributed by atoms with van der Waals surface area (Å²) in [5.74, 6) is -1.30. The summed E-state index contributed by atoms with van der Waals surface area (Å²) >= 11 is 0. The van der Waals surface area contributed by atoms with Crippen molar-refractivity contribution in [1.82, 2.24) is 9.97 Å². The van der Waals surface area contributed by atoms with Crippen molar-refractivity contribution >= 4 is 5.97 Å². The predicted octanol–water partition coefficient (Wildman–Crippen LogP) is 0.513. The van der Waals surface area contributed by atoms with E-state index in [0.29, 0.717) is 0 Å². The van der Waals surface area contributed by atoms with Crippen molar-refractivity contribution in [3.8, 4) is 0 Å². The monoisotopic (exact) mass is 193 g/mol. The van der Waals surface area contributed by atoms with E-state index in [1.165, 1.54) is 12.4 Å². The highest BCUT2D eigenvalue weighted by molar-refractivity contribution is 5.82. The molecule has 1 aromatic heterocycles.